The Labute approximate surface area is 774 Å². The van der Waals surface area contributed by atoms with Gasteiger partial charge in [0.1, 0.15) is 96.1 Å². The lowest BCUT2D eigenvalue weighted by molar-refractivity contribution is -0.142. The molecule has 0 aliphatic heterocycles. The number of phenolic OH excluding ortho intramolecular Hbond substituents is 2. The van der Waals surface area contributed by atoms with Gasteiger partial charge in [0, 0.05) is 51.5 Å². The van der Waals surface area contributed by atoms with Crippen LogP contribution in [0, 0.1) is 39.9 Å². The fourth-order valence-corrected chi connectivity index (χ4v) is 13.4. The topological polar surface area (TPSA) is 852 Å². The van der Waals surface area contributed by atoms with Crippen molar-refractivity contribution in [3.8, 4) is 11.5 Å². The first-order chi connectivity index (χ1) is 62.9. The summed E-state index contributed by atoms with van der Waals surface area (Å²) in [6.07, 6.45) is -3.35. The second-order valence-electron chi connectivity index (χ2n) is 34.0. The summed E-state index contributed by atoms with van der Waals surface area (Å²) >= 11 is 0. The maximum Gasteiger partial charge on any atom is 0.326 e. The zero-order valence-corrected chi connectivity index (χ0v) is 76.8. The molecule has 744 valence electrons. The molecule has 0 aliphatic carbocycles. The van der Waals surface area contributed by atoms with E-state index in [1.54, 1.807) is 41.5 Å². The molecule has 2 aromatic carbocycles. The van der Waals surface area contributed by atoms with Crippen LogP contribution in [0.25, 0.3) is 0 Å². The van der Waals surface area contributed by atoms with Crippen LogP contribution in [0.2, 0.25) is 0 Å². The minimum Gasteiger partial charge on any atom is -0.508 e. The molecule has 3 aromatic rings. The summed E-state index contributed by atoms with van der Waals surface area (Å²) in [6.45, 7) is 14.5. The summed E-state index contributed by atoms with van der Waals surface area (Å²) < 4.78 is 0. The summed E-state index contributed by atoms with van der Waals surface area (Å²) in [6, 6.07) is -13.4. The van der Waals surface area contributed by atoms with Crippen molar-refractivity contribution in [2.75, 3.05) is 26.2 Å². The molecule has 3 rings (SSSR count). The van der Waals surface area contributed by atoms with Gasteiger partial charge in [-0.15, -0.1) is 0 Å². The number of nitrogens with one attached hydrogen (secondary N) is 21. The molecule has 16 atom stereocenters. The maximum atomic E-state index is 15.0. The molecule has 0 saturated carbocycles. The number of nitrogens with two attached hydrogens (primary N) is 6. The van der Waals surface area contributed by atoms with Gasteiger partial charge < -0.3 is 155 Å². The number of aromatic nitrogens is 2. The van der Waals surface area contributed by atoms with Crippen LogP contribution in [-0.2, 0) is 101 Å². The molecule has 0 fully saturated rings. The normalized spacial score (nSPS) is 14.8. The molecule has 1 aromatic heterocycles. The largest absolute Gasteiger partial charge is 0.508 e. The second-order valence-corrected chi connectivity index (χ2v) is 34.0. The van der Waals surface area contributed by atoms with Crippen LogP contribution in [0.1, 0.15) is 163 Å². The number of rotatable bonds is 61. The number of carbonyl (C=O) groups excluding carboxylic acids is 16. The first-order valence-electron chi connectivity index (χ1n) is 43.7. The van der Waals surface area contributed by atoms with Crippen LogP contribution in [-0.4, -0.2) is 277 Å². The highest BCUT2D eigenvalue weighted by molar-refractivity contribution is 6.02. The average Bonchev–Trinajstić information content (AvgIpc) is 1.55. The number of carboxylic acids is 1. The molecular weight excluding hydrogens is 1750 g/mol. The molecule has 1 heterocycles. The van der Waals surface area contributed by atoms with Crippen molar-refractivity contribution < 1.29 is 107 Å². The number of H-pyrrole nitrogens is 1. The van der Waals surface area contributed by atoms with E-state index in [0.29, 0.717) is 11.1 Å². The van der Waals surface area contributed by atoms with Gasteiger partial charge in [-0.1, -0.05) is 79.7 Å². The van der Waals surface area contributed by atoms with Crippen LogP contribution in [0.15, 0.2) is 61.1 Å². The van der Waals surface area contributed by atoms with Crippen LogP contribution in [0.3, 0.4) is 0 Å². The second kappa shape index (κ2) is 58.0. The van der Waals surface area contributed by atoms with Gasteiger partial charge in [-0.3, -0.25) is 92.9 Å². The van der Waals surface area contributed by atoms with E-state index in [1.165, 1.54) is 81.8 Å². The quantitative estimate of drug-likeness (QED) is 0.0142. The Morgan fingerprint density at radius 1 is 0.373 bits per heavy atom. The van der Waals surface area contributed by atoms with Crippen molar-refractivity contribution in [3.63, 3.8) is 0 Å². The predicted molar refractivity (Wildman–Crippen MR) is 486 cm³/mol. The number of aliphatic carboxylic acids is 1. The number of amides is 16. The Hall–Kier alpha value is -14.1. The first kappa shape index (κ1) is 114. The van der Waals surface area contributed by atoms with Gasteiger partial charge in [0.25, 0.3) is 0 Å². The van der Waals surface area contributed by atoms with Crippen molar-refractivity contribution in [1.29, 1.82) is 16.2 Å². The van der Waals surface area contributed by atoms with Crippen molar-refractivity contribution in [2.45, 2.75) is 262 Å². The SMILES string of the molecule is CC(C)C[C@H](NC(=O)[C@H](CO)NC(=O)[C@H](C)N)C(=O)N[C@@H](CCCNC(=N)N)C(=O)N[C@@H](Cc1c[nH]cn1)C(=O)N[C@@H](Cc1ccc(O)cc1)C(=O)N[C@@H](CC(C)C)C(=O)N[C@@H](CC(N)=O)C(=O)N[C@@H](CC(C)C)C(=O)N[C@H](C(=O)N[C@H](C(=O)N[C@@H](CCCNC(=N)N)C(=O)N[C@@H](CCC(N)=O)C(=O)N[C@@H](CCCNC(=N)N)C(=O)N[C@@H](Cc1ccc(O)cc1)C(=O)O)[C@@H](C)O)C(C)C. The Bertz CT molecular complexity index is 4460. The van der Waals surface area contributed by atoms with E-state index in [-0.39, 0.29) is 120 Å². The van der Waals surface area contributed by atoms with Crippen LogP contribution in [0.5, 0.6) is 11.5 Å². The summed E-state index contributed by atoms with van der Waals surface area (Å²) in [5.41, 5.74) is 34.2. The van der Waals surface area contributed by atoms with Gasteiger partial charge in [-0.2, -0.15) is 0 Å². The number of aliphatic hydroxyl groups excluding tert-OH is 2. The number of phenols is 2. The van der Waals surface area contributed by atoms with Gasteiger partial charge in [0.15, 0.2) is 17.9 Å². The van der Waals surface area contributed by atoms with E-state index in [4.69, 9.17) is 50.6 Å². The Morgan fingerprint density at radius 2 is 0.679 bits per heavy atom. The molecule has 50 heteroatoms. The number of carbonyl (C=O) groups is 17. The number of aromatic amines is 1. The average molecular weight is 1890 g/mol. The van der Waals surface area contributed by atoms with Gasteiger partial charge in [-0.05, 0) is 137 Å². The minimum atomic E-state index is -1.97. The molecule has 0 radical (unpaired) electrons. The van der Waals surface area contributed by atoms with Gasteiger partial charge in [0.2, 0.25) is 94.5 Å². The zero-order chi connectivity index (χ0) is 101. The van der Waals surface area contributed by atoms with E-state index < -0.39 is 259 Å². The fraction of sp³-hybridized carbons (Fsp3) is 0.583. The van der Waals surface area contributed by atoms with E-state index in [0.717, 1.165) is 6.92 Å². The molecule has 50 nitrogen and oxygen atoms in total. The molecule has 134 heavy (non-hydrogen) atoms. The van der Waals surface area contributed by atoms with Gasteiger partial charge >= 0.3 is 5.97 Å². The smallest absolute Gasteiger partial charge is 0.326 e. The highest BCUT2D eigenvalue weighted by Crippen LogP contribution is 2.19. The van der Waals surface area contributed by atoms with Crippen molar-refractivity contribution in [3.05, 3.63) is 77.9 Å². The minimum absolute atomic E-state index is 0.00516. The molecule has 38 N–H and O–H groups in total. The molecular formula is C84H136N28O22. The Kier molecular flexibility index (Phi) is 49.4. The van der Waals surface area contributed by atoms with Crippen LogP contribution >= 0.6 is 0 Å². The lowest BCUT2D eigenvalue weighted by Crippen LogP contribution is -2.63. The zero-order valence-electron chi connectivity index (χ0n) is 76.8. The number of nitrogens with zero attached hydrogens (tertiary/aromatic N) is 1. The number of primary amides is 2. The van der Waals surface area contributed by atoms with Gasteiger partial charge in [-0.25, -0.2) is 9.78 Å². The monoisotopic (exact) mass is 1890 g/mol. The molecule has 0 spiro atoms. The molecule has 0 unspecified atom stereocenters. The Morgan fingerprint density at radius 3 is 1.02 bits per heavy atom. The first-order valence-corrected chi connectivity index (χ1v) is 43.7. The number of benzene rings is 2. The number of aliphatic hydroxyl groups is 2. The summed E-state index contributed by atoms with van der Waals surface area (Å²) in [5, 5.41) is 117. The van der Waals surface area contributed by atoms with E-state index >= 15 is 9.59 Å². The van der Waals surface area contributed by atoms with Crippen LogP contribution in [0.4, 0.5) is 0 Å². The van der Waals surface area contributed by atoms with Crippen molar-refractivity contribution in [1.82, 2.24) is 100 Å². The van der Waals surface area contributed by atoms with Crippen molar-refractivity contribution >= 4 is 118 Å². The molecule has 0 bridgehead atoms. The fourth-order valence-electron chi connectivity index (χ4n) is 13.4. The maximum absolute atomic E-state index is 15.0. The lowest BCUT2D eigenvalue weighted by Gasteiger charge is -2.30. The lowest BCUT2D eigenvalue weighted by atomic mass is 9.98. The van der Waals surface area contributed by atoms with Crippen LogP contribution < -0.4 is 125 Å². The third-order valence-corrected chi connectivity index (χ3v) is 20.4. The summed E-state index contributed by atoms with van der Waals surface area (Å²) in [5.74, 6) is -22.0. The third-order valence-electron chi connectivity index (χ3n) is 20.4. The van der Waals surface area contributed by atoms with Gasteiger partial charge in [0.05, 0.1) is 37.2 Å². The molecule has 0 aliphatic rings. The standard InChI is InChI=1S/C84H136N28O22/c1-40(2)30-55(105-78(130)62(38-113)110-67(119)44(9)85)72(124)100-51(14-11-27-95-82(88)89)69(121)107-59(35-48-37-94-39-98-48)75(127)106-58(33-46-17-21-49(115)22-18-46)74(126)103-56(31-41(3)4)73(125)108-60(36-64(87)118)76(128)104-57(32-42(5)6)77(129)111-65(43(7)8)79(131)112-66(45(10)114)80(132)102-53(16-13-29-97-84(92)93)68(120)101-54(25-26-63(86)117)71(123)99-52(15-12-28-96-83(90)91)70(122)109-61(81(133)134)34-47-19-23-50(116)24-20-47/h17-24,37,39-45,51-62,65-66,113-116H,11-16,25-36,38,85H2,1-10H3,(H2,86,117)(H2,87,118)(H,94,98)(H,99,123)(H,100,124)(H,101,120)(H,102,132)(H,103,126)(H,104,128)(H,105,130)(H,106,127)(H,107,121)(H,108,125)(H,109,122)(H,110,119)(H,111,129)(H,112,131)(H,133,134)(H4,88,89,95)(H4,90,91,96)(H4,92,93,97)/t44-,45+,51-,52-,53-,54-,55-,56-,57-,58-,59-,60-,61-,62-,65-,66-/m0/s1. The van der Waals surface area contributed by atoms with Crippen molar-refractivity contribution in [2.24, 2.45) is 58.1 Å². The summed E-state index contributed by atoms with van der Waals surface area (Å²) in [7, 11) is 0. The number of hydrogen-bond acceptors (Lipinski definition) is 26. The molecule has 16 amide bonds. The highest BCUT2D eigenvalue weighted by Gasteiger charge is 2.41. The van der Waals surface area contributed by atoms with E-state index in [9.17, 15) is 97.5 Å². The number of guanidine groups is 3. The Balaban J connectivity index is 2.02. The number of imidazole rings is 1. The number of aromatic hydroxyl groups is 2. The summed E-state index contributed by atoms with van der Waals surface area (Å²) in [4.78, 5) is 246. The number of carboxylic acid groups (broad SMARTS) is 1. The number of hydrogen-bond donors (Lipinski definition) is 32. The van der Waals surface area contributed by atoms with E-state index in [1.807, 2.05) is 0 Å². The third kappa shape index (κ3) is 43.3. The molecule has 0 saturated heterocycles. The van der Waals surface area contributed by atoms with E-state index in [2.05, 4.69) is 100 Å². The highest BCUT2D eigenvalue weighted by atomic mass is 16.4. The predicted octanol–water partition coefficient (Wildman–Crippen LogP) is -7.83.